The monoisotopic (exact) mass is 450 g/mol. The number of rotatable bonds is 3. The van der Waals surface area contributed by atoms with Crippen LogP contribution in [-0.2, 0) is 16.1 Å². The number of nitrogens with one attached hydrogen (secondary N) is 1. The fraction of sp³-hybridized carbons (Fsp3) is 0.400. The van der Waals surface area contributed by atoms with E-state index in [0.29, 0.717) is 18.9 Å². The largest absolute Gasteiger partial charge is 0.445 e. The van der Waals surface area contributed by atoms with Gasteiger partial charge in [0.05, 0.1) is 17.6 Å². The number of hydrogen-bond acceptors (Lipinski definition) is 5. The molecule has 0 radical (unpaired) electrons. The van der Waals surface area contributed by atoms with Crippen molar-refractivity contribution in [1.29, 1.82) is 0 Å². The van der Waals surface area contributed by atoms with Crippen LogP contribution in [-0.4, -0.2) is 57.2 Å². The van der Waals surface area contributed by atoms with Gasteiger partial charge in [-0.15, -0.1) is 0 Å². The van der Waals surface area contributed by atoms with Crippen molar-refractivity contribution in [2.45, 2.75) is 45.9 Å². The minimum absolute atomic E-state index is 0.179. The Kier molecular flexibility index (Phi) is 6.26. The summed E-state index contributed by atoms with van der Waals surface area (Å²) in [6.45, 7) is 8.62. The first-order valence-electron chi connectivity index (χ1n) is 11.1. The molecule has 174 valence electrons. The molecule has 0 saturated carbocycles. The van der Waals surface area contributed by atoms with Crippen molar-refractivity contribution >= 4 is 23.2 Å². The van der Waals surface area contributed by atoms with Crippen LogP contribution < -0.4 is 0 Å². The lowest BCUT2D eigenvalue weighted by Gasteiger charge is -2.40. The van der Waals surface area contributed by atoms with Gasteiger partial charge in [0.15, 0.2) is 0 Å². The standard InChI is InChI=1S/C25H30N4O4/c1-17-10-11-19-20(14-17)27-22(26-19)21-15-28(23(30)33-25(2,3)4)12-13-29(21)24(31)32-16-18-8-6-5-7-9-18/h5-11,14,21H,12-13,15-16H2,1-4H3,(H,26,27)/t21-/m0/s1. The number of benzene rings is 2. The molecule has 33 heavy (non-hydrogen) atoms. The molecule has 3 aromatic rings. The Morgan fingerprint density at radius 2 is 1.85 bits per heavy atom. The molecule has 2 amide bonds. The molecule has 0 unspecified atom stereocenters. The van der Waals surface area contributed by atoms with Gasteiger partial charge in [-0.05, 0) is 51.0 Å². The SMILES string of the molecule is Cc1ccc2nc([C@@H]3CN(C(=O)OC(C)(C)C)CCN3C(=O)OCc3ccccc3)[nH]c2c1. The maximum absolute atomic E-state index is 13.1. The number of aryl methyl sites for hydroxylation is 1. The molecule has 2 heterocycles. The van der Waals surface area contributed by atoms with Crippen LogP contribution >= 0.6 is 0 Å². The Hall–Kier alpha value is -3.55. The number of aromatic amines is 1. The number of aromatic nitrogens is 2. The first-order chi connectivity index (χ1) is 15.7. The molecule has 1 aliphatic rings. The van der Waals surface area contributed by atoms with Gasteiger partial charge in [0.2, 0.25) is 0 Å². The highest BCUT2D eigenvalue weighted by atomic mass is 16.6. The second-order valence-corrected chi connectivity index (χ2v) is 9.32. The molecule has 1 aliphatic heterocycles. The quantitative estimate of drug-likeness (QED) is 0.619. The summed E-state index contributed by atoms with van der Waals surface area (Å²) in [7, 11) is 0. The van der Waals surface area contributed by atoms with Gasteiger partial charge in [0.25, 0.3) is 0 Å². The lowest BCUT2D eigenvalue weighted by molar-refractivity contribution is -0.0000947. The number of hydrogen-bond donors (Lipinski definition) is 1. The second kappa shape index (κ2) is 9.13. The lowest BCUT2D eigenvalue weighted by Crippen LogP contribution is -2.53. The zero-order chi connectivity index (χ0) is 23.6. The van der Waals surface area contributed by atoms with E-state index in [1.165, 1.54) is 0 Å². The maximum Gasteiger partial charge on any atom is 0.410 e. The average molecular weight is 451 g/mol. The van der Waals surface area contributed by atoms with E-state index in [9.17, 15) is 9.59 Å². The van der Waals surface area contributed by atoms with Gasteiger partial charge < -0.3 is 19.4 Å². The van der Waals surface area contributed by atoms with E-state index in [2.05, 4.69) is 4.98 Å². The fourth-order valence-corrected chi connectivity index (χ4v) is 3.83. The minimum Gasteiger partial charge on any atom is -0.445 e. The Balaban J connectivity index is 1.57. The molecule has 1 N–H and O–H groups in total. The topological polar surface area (TPSA) is 87.8 Å². The molecule has 1 atom stereocenters. The predicted octanol–water partition coefficient (Wildman–Crippen LogP) is 4.80. The van der Waals surface area contributed by atoms with E-state index in [-0.39, 0.29) is 13.2 Å². The summed E-state index contributed by atoms with van der Waals surface area (Å²) in [6.07, 6.45) is -0.846. The number of carbonyl (C=O) groups excluding carboxylic acids is 2. The molecular formula is C25H30N4O4. The lowest BCUT2D eigenvalue weighted by atomic mass is 10.1. The number of H-pyrrole nitrogens is 1. The van der Waals surface area contributed by atoms with Crippen LogP contribution in [0.15, 0.2) is 48.5 Å². The van der Waals surface area contributed by atoms with Crippen molar-refractivity contribution in [3.63, 3.8) is 0 Å². The number of imidazole rings is 1. The molecule has 2 aromatic carbocycles. The summed E-state index contributed by atoms with van der Waals surface area (Å²) in [5.41, 5.74) is 3.11. The number of carbonyl (C=O) groups is 2. The summed E-state index contributed by atoms with van der Waals surface area (Å²) < 4.78 is 11.2. The van der Waals surface area contributed by atoms with Crippen LogP contribution in [0.3, 0.4) is 0 Å². The molecule has 8 nitrogen and oxygen atoms in total. The van der Waals surface area contributed by atoms with E-state index < -0.39 is 23.8 Å². The molecule has 1 saturated heterocycles. The first-order valence-corrected chi connectivity index (χ1v) is 11.1. The molecule has 0 aliphatic carbocycles. The molecule has 8 heteroatoms. The van der Waals surface area contributed by atoms with E-state index >= 15 is 0 Å². The number of nitrogens with zero attached hydrogens (tertiary/aromatic N) is 3. The molecule has 0 spiro atoms. The predicted molar refractivity (Wildman–Crippen MR) is 125 cm³/mol. The number of piperazine rings is 1. The highest BCUT2D eigenvalue weighted by Crippen LogP contribution is 2.28. The van der Waals surface area contributed by atoms with Crippen molar-refractivity contribution in [1.82, 2.24) is 19.8 Å². The van der Waals surface area contributed by atoms with Crippen LogP contribution in [0, 0.1) is 6.92 Å². The maximum atomic E-state index is 13.1. The van der Waals surface area contributed by atoms with Crippen LogP contribution in [0.1, 0.15) is 43.8 Å². The number of fused-ring (bicyclic) bond motifs is 1. The van der Waals surface area contributed by atoms with Gasteiger partial charge in [-0.25, -0.2) is 14.6 Å². The summed E-state index contributed by atoms with van der Waals surface area (Å²) in [5, 5.41) is 0. The van der Waals surface area contributed by atoms with Gasteiger partial charge in [-0.1, -0.05) is 36.4 Å². The fourth-order valence-electron chi connectivity index (χ4n) is 3.83. The first kappa shape index (κ1) is 22.6. The smallest absolute Gasteiger partial charge is 0.410 e. The van der Waals surface area contributed by atoms with Gasteiger partial charge in [0.1, 0.15) is 24.1 Å². The van der Waals surface area contributed by atoms with Gasteiger partial charge in [0, 0.05) is 13.1 Å². The van der Waals surface area contributed by atoms with Crippen molar-refractivity contribution in [3.8, 4) is 0 Å². The third kappa shape index (κ3) is 5.45. The van der Waals surface area contributed by atoms with Crippen LogP contribution in [0.5, 0.6) is 0 Å². The normalized spacial score (nSPS) is 16.7. The van der Waals surface area contributed by atoms with Crippen LogP contribution in [0.2, 0.25) is 0 Å². The zero-order valence-corrected chi connectivity index (χ0v) is 19.5. The minimum atomic E-state index is -0.602. The van der Waals surface area contributed by atoms with Crippen molar-refractivity contribution in [3.05, 3.63) is 65.5 Å². The number of amides is 2. The van der Waals surface area contributed by atoms with Gasteiger partial charge in [-0.2, -0.15) is 0 Å². The second-order valence-electron chi connectivity index (χ2n) is 9.32. The van der Waals surface area contributed by atoms with Crippen LogP contribution in [0.4, 0.5) is 9.59 Å². The van der Waals surface area contributed by atoms with Gasteiger partial charge >= 0.3 is 12.2 Å². The summed E-state index contributed by atoms with van der Waals surface area (Å²) in [5.74, 6) is 0.612. The van der Waals surface area contributed by atoms with E-state index in [1.807, 2.05) is 76.2 Å². The molecule has 0 bridgehead atoms. The Morgan fingerprint density at radius 3 is 2.58 bits per heavy atom. The molecular weight excluding hydrogens is 420 g/mol. The zero-order valence-electron chi connectivity index (χ0n) is 19.5. The Morgan fingerprint density at radius 1 is 1.09 bits per heavy atom. The third-order valence-electron chi connectivity index (χ3n) is 5.44. The van der Waals surface area contributed by atoms with Crippen molar-refractivity contribution < 1.29 is 19.1 Å². The van der Waals surface area contributed by atoms with Crippen LogP contribution in [0.25, 0.3) is 11.0 Å². The Labute approximate surface area is 193 Å². The van der Waals surface area contributed by atoms with E-state index in [1.54, 1.807) is 9.80 Å². The third-order valence-corrected chi connectivity index (χ3v) is 5.44. The summed E-state index contributed by atoms with van der Waals surface area (Å²) in [6, 6.07) is 15.0. The number of ether oxygens (including phenoxy) is 2. The van der Waals surface area contributed by atoms with Crippen molar-refractivity contribution in [2.24, 2.45) is 0 Å². The highest BCUT2D eigenvalue weighted by Gasteiger charge is 2.37. The van der Waals surface area contributed by atoms with E-state index in [0.717, 1.165) is 22.2 Å². The summed E-state index contributed by atoms with van der Waals surface area (Å²) >= 11 is 0. The molecule has 4 rings (SSSR count). The highest BCUT2D eigenvalue weighted by molar-refractivity contribution is 5.76. The van der Waals surface area contributed by atoms with E-state index in [4.69, 9.17) is 14.5 Å². The average Bonchev–Trinajstić information content (AvgIpc) is 3.19. The molecule has 1 aromatic heterocycles. The van der Waals surface area contributed by atoms with Crippen molar-refractivity contribution in [2.75, 3.05) is 19.6 Å². The molecule has 1 fully saturated rings. The Bertz CT molecular complexity index is 1140. The van der Waals surface area contributed by atoms with Gasteiger partial charge in [-0.3, -0.25) is 4.90 Å². The summed E-state index contributed by atoms with van der Waals surface area (Å²) in [4.78, 5) is 37.1.